The molecule has 1 saturated carbocycles. The Morgan fingerprint density at radius 1 is 1.15 bits per heavy atom. The Morgan fingerprint density at radius 3 is 2.67 bits per heavy atom. The van der Waals surface area contributed by atoms with Crippen LogP contribution in [0.25, 0.3) is 10.9 Å². The second-order valence-corrected chi connectivity index (χ2v) is 9.08. The molecule has 4 nitrogen and oxygen atoms in total. The summed E-state index contributed by atoms with van der Waals surface area (Å²) in [6.07, 6.45) is 12.4. The number of piperidine rings is 1. The molecule has 1 aliphatic carbocycles. The zero-order valence-electron chi connectivity index (χ0n) is 16.6. The first kappa shape index (κ1) is 17.4. The molecule has 3 aliphatic rings. The second kappa shape index (κ2) is 7.06. The molecule has 4 heteroatoms. The molecule has 1 unspecified atom stereocenters. The molecule has 0 N–H and O–H groups in total. The van der Waals surface area contributed by atoms with Crippen molar-refractivity contribution in [3.05, 3.63) is 42.1 Å². The van der Waals surface area contributed by atoms with Crippen LogP contribution in [0.5, 0.6) is 0 Å². The SMILES string of the molecule is Cc1ccc2cnn(C[C@H](C)CN3C4C=C[C@H]3C[C@@H](OCC3CC3)C4)c2c1. The van der Waals surface area contributed by atoms with Gasteiger partial charge in [0.2, 0.25) is 0 Å². The molecular formula is C23H31N3O. The van der Waals surface area contributed by atoms with Gasteiger partial charge in [-0.15, -0.1) is 0 Å². The lowest BCUT2D eigenvalue weighted by molar-refractivity contribution is -0.0224. The van der Waals surface area contributed by atoms with E-state index in [1.165, 1.54) is 29.3 Å². The van der Waals surface area contributed by atoms with Crippen molar-refractivity contribution in [2.45, 2.75) is 64.3 Å². The van der Waals surface area contributed by atoms with Gasteiger partial charge in [-0.2, -0.15) is 5.10 Å². The molecule has 27 heavy (non-hydrogen) atoms. The van der Waals surface area contributed by atoms with Crippen molar-refractivity contribution in [1.82, 2.24) is 14.7 Å². The number of ether oxygens (including phenoxy) is 1. The Hall–Kier alpha value is -1.65. The predicted octanol–water partition coefficient (Wildman–Crippen LogP) is 4.18. The first-order valence-corrected chi connectivity index (χ1v) is 10.6. The van der Waals surface area contributed by atoms with E-state index in [1.807, 2.05) is 6.20 Å². The van der Waals surface area contributed by atoms with Crippen LogP contribution in [-0.4, -0.2) is 46.0 Å². The van der Waals surface area contributed by atoms with E-state index in [2.05, 4.69) is 58.9 Å². The van der Waals surface area contributed by atoms with Gasteiger partial charge in [-0.1, -0.05) is 31.2 Å². The topological polar surface area (TPSA) is 30.3 Å². The van der Waals surface area contributed by atoms with Crippen LogP contribution in [0.1, 0.15) is 38.2 Å². The Bertz CT molecular complexity index is 821. The minimum absolute atomic E-state index is 0.459. The first-order chi connectivity index (χ1) is 13.2. The summed E-state index contributed by atoms with van der Waals surface area (Å²) in [6, 6.07) is 7.72. The highest BCUT2D eigenvalue weighted by Crippen LogP contribution is 2.35. The standard InChI is InChI=1S/C23H31N3O/c1-16-3-6-19-12-24-26(23(19)9-16)14-17(2)13-25-20-7-8-21(25)11-22(10-20)27-15-18-4-5-18/h3,6-9,12,17-18,20-22H,4-5,10-11,13-15H2,1-2H3/t17-,20+,21?,22-/m1/s1. The van der Waals surface area contributed by atoms with E-state index in [-0.39, 0.29) is 0 Å². The average Bonchev–Trinajstić information content (AvgIpc) is 3.37. The van der Waals surface area contributed by atoms with Gasteiger partial charge < -0.3 is 4.74 Å². The van der Waals surface area contributed by atoms with Crippen molar-refractivity contribution in [1.29, 1.82) is 0 Å². The number of hydrogen-bond acceptors (Lipinski definition) is 3. The van der Waals surface area contributed by atoms with Gasteiger partial charge in [-0.05, 0) is 56.1 Å². The highest BCUT2D eigenvalue weighted by Gasteiger charge is 2.38. The van der Waals surface area contributed by atoms with Crippen molar-refractivity contribution in [2.24, 2.45) is 11.8 Å². The fourth-order valence-corrected chi connectivity index (χ4v) is 4.79. The zero-order chi connectivity index (χ0) is 18.4. The molecule has 0 radical (unpaired) electrons. The Labute approximate surface area is 162 Å². The van der Waals surface area contributed by atoms with Gasteiger partial charge in [0.25, 0.3) is 0 Å². The molecule has 0 amide bonds. The molecule has 0 spiro atoms. The molecule has 1 aromatic heterocycles. The van der Waals surface area contributed by atoms with Gasteiger partial charge in [-0.3, -0.25) is 9.58 Å². The fraction of sp³-hybridized carbons (Fsp3) is 0.609. The maximum Gasteiger partial charge on any atom is 0.0685 e. The molecular weight excluding hydrogens is 334 g/mol. The second-order valence-electron chi connectivity index (χ2n) is 9.08. The summed E-state index contributed by atoms with van der Waals surface area (Å²) >= 11 is 0. The van der Waals surface area contributed by atoms with Gasteiger partial charge >= 0.3 is 0 Å². The molecule has 1 saturated heterocycles. The zero-order valence-corrected chi connectivity index (χ0v) is 16.6. The first-order valence-electron chi connectivity index (χ1n) is 10.6. The van der Waals surface area contributed by atoms with E-state index in [1.54, 1.807) is 0 Å². The van der Waals surface area contributed by atoms with Crippen molar-refractivity contribution >= 4 is 10.9 Å². The van der Waals surface area contributed by atoms with Crippen LogP contribution in [0.15, 0.2) is 36.5 Å². The quantitative estimate of drug-likeness (QED) is 0.690. The third-order valence-electron chi connectivity index (χ3n) is 6.49. The van der Waals surface area contributed by atoms with Crippen LogP contribution < -0.4 is 0 Å². The predicted molar refractivity (Wildman–Crippen MR) is 109 cm³/mol. The highest BCUT2D eigenvalue weighted by molar-refractivity contribution is 5.79. The van der Waals surface area contributed by atoms with Crippen molar-refractivity contribution in [3.63, 3.8) is 0 Å². The summed E-state index contributed by atoms with van der Waals surface area (Å²) in [4.78, 5) is 2.69. The van der Waals surface area contributed by atoms with Gasteiger partial charge in [0.1, 0.15) is 0 Å². The van der Waals surface area contributed by atoms with E-state index < -0.39 is 0 Å². The van der Waals surface area contributed by atoms with Crippen molar-refractivity contribution < 1.29 is 4.74 Å². The normalized spacial score (nSPS) is 28.9. The molecule has 3 heterocycles. The number of hydrogen-bond donors (Lipinski definition) is 0. The summed E-state index contributed by atoms with van der Waals surface area (Å²) in [5.74, 6) is 1.43. The number of fused-ring (bicyclic) bond motifs is 3. The molecule has 4 atom stereocenters. The van der Waals surface area contributed by atoms with E-state index in [9.17, 15) is 0 Å². The number of rotatable bonds is 7. The maximum absolute atomic E-state index is 6.20. The lowest BCUT2D eigenvalue weighted by Crippen LogP contribution is -2.48. The van der Waals surface area contributed by atoms with Gasteiger partial charge in [0.15, 0.2) is 0 Å². The molecule has 2 bridgehead atoms. The third kappa shape index (κ3) is 3.70. The minimum Gasteiger partial charge on any atom is -0.378 e. The Morgan fingerprint density at radius 2 is 1.93 bits per heavy atom. The third-order valence-corrected chi connectivity index (χ3v) is 6.49. The molecule has 1 aromatic carbocycles. The van der Waals surface area contributed by atoms with Gasteiger partial charge in [-0.25, -0.2) is 0 Å². The average molecular weight is 366 g/mol. The Balaban J connectivity index is 1.20. The van der Waals surface area contributed by atoms with Crippen LogP contribution in [0.3, 0.4) is 0 Å². The highest BCUT2D eigenvalue weighted by atomic mass is 16.5. The molecule has 2 aliphatic heterocycles. The fourth-order valence-electron chi connectivity index (χ4n) is 4.79. The monoisotopic (exact) mass is 365 g/mol. The van der Waals surface area contributed by atoms with Crippen molar-refractivity contribution in [3.8, 4) is 0 Å². The Kier molecular flexibility index (Phi) is 4.57. The van der Waals surface area contributed by atoms with E-state index in [4.69, 9.17) is 4.74 Å². The van der Waals surface area contributed by atoms with Crippen LogP contribution in [-0.2, 0) is 11.3 Å². The van der Waals surface area contributed by atoms with Crippen LogP contribution in [0.4, 0.5) is 0 Å². The summed E-state index contributed by atoms with van der Waals surface area (Å²) in [5.41, 5.74) is 2.56. The van der Waals surface area contributed by atoms with Crippen LogP contribution in [0, 0.1) is 18.8 Å². The number of aryl methyl sites for hydroxylation is 1. The van der Waals surface area contributed by atoms with E-state index in [0.29, 0.717) is 24.1 Å². The summed E-state index contributed by atoms with van der Waals surface area (Å²) in [6.45, 7) is 7.61. The van der Waals surface area contributed by atoms with Crippen LogP contribution >= 0.6 is 0 Å². The summed E-state index contributed by atoms with van der Waals surface area (Å²) < 4.78 is 8.39. The largest absolute Gasteiger partial charge is 0.378 e. The number of benzene rings is 1. The lowest BCUT2D eigenvalue weighted by Gasteiger charge is -2.40. The van der Waals surface area contributed by atoms with E-state index >= 15 is 0 Å². The van der Waals surface area contributed by atoms with Gasteiger partial charge in [0.05, 0.1) is 17.8 Å². The minimum atomic E-state index is 0.459. The number of aromatic nitrogens is 2. The molecule has 5 rings (SSSR count). The van der Waals surface area contributed by atoms with Gasteiger partial charge in [0, 0.05) is 37.2 Å². The molecule has 2 fully saturated rings. The maximum atomic E-state index is 6.20. The van der Waals surface area contributed by atoms with E-state index in [0.717, 1.165) is 38.5 Å². The summed E-state index contributed by atoms with van der Waals surface area (Å²) in [5, 5.41) is 5.88. The van der Waals surface area contributed by atoms with Crippen molar-refractivity contribution in [2.75, 3.05) is 13.2 Å². The summed E-state index contributed by atoms with van der Waals surface area (Å²) in [7, 11) is 0. The number of nitrogens with zero attached hydrogens (tertiary/aromatic N) is 3. The van der Waals surface area contributed by atoms with Crippen LogP contribution in [0.2, 0.25) is 0 Å². The molecule has 2 aromatic rings. The smallest absolute Gasteiger partial charge is 0.0685 e. The lowest BCUT2D eigenvalue weighted by atomic mass is 9.97. The molecule has 144 valence electrons.